The van der Waals surface area contributed by atoms with E-state index in [4.69, 9.17) is 9.47 Å². The molecule has 3 N–H and O–H groups in total. The number of carbonyl (C=O) groups is 3. The largest absolute Gasteiger partial charge is 0.496 e. The maximum absolute atomic E-state index is 13.2. The van der Waals surface area contributed by atoms with Gasteiger partial charge in [0.05, 0.1) is 35.7 Å². The van der Waals surface area contributed by atoms with E-state index in [1.54, 1.807) is 6.92 Å². The summed E-state index contributed by atoms with van der Waals surface area (Å²) < 4.78 is 11.5. The summed E-state index contributed by atoms with van der Waals surface area (Å²) in [5, 5.41) is 25.2. The van der Waals surface area contributed by atoms with Gasteiger partial charge in [-0.1, -0.05) is 13.3 Å². The van der Waals surface area contributed by atoms with E-state index in [2.05, 4.69) is 23.6 Å². The molecular formula is C28H37N3O6. The number of hydrogen-bond acceptors (Lipinski definition) is 6. The molecule has 0 aliphatic heterocycles. The highest BCUT2D eigenvalue weighted by Gasteiger charge is 2.40. The Morgan fingerprint density at radius 1 is 1.08 bits per heavy atom. The average molecular weight is 512 g/mol. The quantitative estimate of drug-likeness (QED) is 0.458. The minimum atomic E-state index is -0.813. The first-order valence-electron chi connectivity index (χ1n) is 13.2. The fraction of sp³-hybridized carbons (Fsp3) is 0.643. The van der Waals surface area contributed by atoms with Gasteiger partial charge >= 0.3 is 5.97 Å². The molecule has 3 aliphatic rings. The molecule has 37 heavy (non-hydrogen) atoms. The minimum Gasteiger partial charge on any atom is -0.496 e. The number of methoxy groups -OCH3 is 1. The molecule has 4 rings (SSSR count). The van der Waals surface area contributed by atoms with Gasteiger partial charge in [-0.2, -0.15) is 5.26 Å². The highest BCUT2D eigenvalue weighted by Crippen LogP contribution is 2.40. The zero-order valence-corrected chi connectivity index (χ0v) is 21.9. The average Bonchev–Trinajstić information content (AvgIpc) is 2.85. The van der Waals surface area contributed by atoms with E-state index in [-0.39, 0.29) is 57.9 Å². The minimum absolute atomic E-state index is 0.0221. The molecule has 2 amide bonds. The molecule has 0 radical (unpaired) electrons. The lowest BCUT2D eigenvalue weighted by Gasteiger charge is -2.40. The van der Waals surface area contributed by atoms with E-state index >= 15 is 0 Å². The third-order valence-corrected chi connectivity index (χ3v) is 8.69. The Bertz CT molecular complexity index is 1100. The molecule has 0 saturated heterocycles. The Labute approximate surface area is 217 Å². The van der Waals surface area contributed by atoms with Crippen molar-refractivity contribution in [2.75, 3.05) is 13.7 Å². The number of rotatable bonds is 9. The molecule has 0 spiro atoms. The van der Waals surface area contributed by atoms with Crippen LogP contribution in [-0.2, 0) is 9.59 Å². The second kappa shape index (κ2) is 10.6. The van der Waals surface area contributed by atoms with Crippen LogP contribution in [0.25, 0.3) is 0 Å². The van der Waals surface area contributed by atoms with Gasteiger partial charge in [0.15, 0.2) is 0 Å². The van der Waals surface area contributed by atoms with Crippen molar-refractivity contribution >= 4 is 17.8 Å². The van der Waals surface area contributed by atoms with Crippen LogP contribution in [-0.4, -0.2) is 48.7 Å². The molecule has 0 aromatic heterocycles. The first kappa shape index (κ1) is 26.8. The number of carbonyl (C=O) groups excluding carboxylic acids is 2. The lowest BCUT2D eigenvalue weighted by molar-refractivity contribution is -0.150. The Morgan fingerprint density at radius 3 is 2.30 bits per heavy atom. The van der Waals surface area contributed by atoms with Crippen LogP contribution in [0.5, 0.6) is 11.5 Å². The fourth-order valence-corrected chi connectivity index (χ4v) is 5.45. The number of hydrogen-bond donors (Lipinski definition) is 3. The summed E-state index contributed by atoms with van der Waals surface area (Å²) in [6.45, 7) is 4.59. The molecule has 1 aromatic carbocycles. The number of aliphatic carboxylic acids is 1. The predicted octanol–water partition coefficient (Wildman–Crippen LogP) is 3.79. The molecule has 3 fully saturated rings. The summed E-state index contributed by atoms with van der Waals surface area (Å²) in [7, 11) is 1.43. The van der Waals surface area contributed by atoms with Crippen LogP contribution in [0.2, 0.25) is 0 Å². The number of carboxylic acids is 1. The van der Waals surface area contributed by atoms with E-state index in [0.29, 0.717) is 38.6 Å². The number of amides is 2. The second-order valence-electron chi connectivity index (χ2n) is 11.5. The number of nitrogens with zero attached hydrogens (tertiary/aromatic N) is 1. The lowest BCUT2D eigenvalue weighted by atomic mass is 9.70. The van der Waals surface area contributed by atoms with Crippen LogP contribution in [0.3, 0.4) is 0 Å². The van der Waals surface area contributed by atoms with E-state index in [0.717, 1.165) is 19.3 Å². The number of ether oxygens (including phenoxy) is 2. The van der Waals surface area contributed by atoms with Gasteiger partial charge in [-0.15, -0.1) is 0 Å². The first-order chi connectivity index (χ1) is 17.6. The van der Waals surface area contributed by atoms with Gasteiger partial charge in [0, 0.05) is 18.7 Å². The molecule has 0 unspecified atom stereocenters. The SMILES string of the molecule is COc1cc(C#N)c(O[C@H]2CC[C@@](C)(C(=O)O)CC2)cc1C(=O)N[C@@H]1CC[C@@H]1C(=O)NCC1(C)CCC1. The summed E-state index contributed by atoms with van der Waals surface area (Å²) in [6.07, 6.45) is 6.68. The van der Waals surface area contributed by atoms with Crippen LogP contribution >= 0.6 is 0 Å². The number of benzene rings is 1. The molecule has 9 heteroatoms. The van der Waals surface area contributed by atoms with Crippen LogP contribution in [0.15, 0.2) is 12.1 Å². The van der Waals surface area contributed by atoms with E-state index < -0.39 is 11.4 Å². The number of carboxylic acid groups (broad SMARTS) is 1. The maximum Gasteiger partial charge on any atom is 0.309 e. The van der Waals surface area contributed by atoms with Crippen molar-refractivity contribution in [3.05, 3.63) is 23.3 Å². The van der Waals surface area contributed by atoms with Crippen LogP contribution in [0, 0.1) is 28.1 Å². The highest BCUT2D eigenvalue weighted by molar-refractivity contribution is 5.98. The topological polar surface area (TPSA) is 138 Å². The highest BCUT2D eigenvalue weighted by atomic mass is 16.5. The summed E-state index contributed by atoms with van der Waals surface area (Å²) in [5.41, 5.74) is -0.111. The first-order valence-corrected chi connectivity index (χ1v) is 13.2. The van der Waals surface area contributed by atoms with Crippen molar-refractivity contribution in [1.82, 2.24) is 10.6 Å². The Morgan fingerprint density at radius 2 is 1.78 bits per heavy atom. The van der Waals surface area contributed by atoms with Crippen LogP contribution in [0.4, 0.5) is 0 Å². The van der Waals surface area contributed by atoms with E-state index in [1.807, 2.05) is 0 Å². The fourth-order valence-electron chi connectivity index (χ4n) is 5.45. The molecule has 3 saturated carbocycles. The zero-order valence-electron chi connectivity index (χ0n) is 21.9. The van der Waals surface area contributed by atoms with Gasteiger partial charge in [-0.25, -0.2) is 0 Å². The van der Waals surface area contributed by atoms with Gasteiger partial charge < -0.3 is 25.2 Å². The van der Waals surface area contributed by atoms with Crippen molar-refractivity contribution in [2.24, 2.45) is 16.7 Å². The zero-order chi connectivity index (χ0) is 26.8. The molecule has 2 atom stereocenters. The molecule has 1 aromatic rings. The Hall–Kier alpha value is -3.28. The van der Waals surface area contributed by atoms with Crippen molar-refractivity contribution in [3.8, 4) is 17.6 Å². The lowest BCUT2D eigenvalue weighted by Crippen LogP contribution is -2.54. The van der Waals surface area contributed by atoms with Gasteiger partial charge in [0.2, 0.25) is 5.91 Å². The predicted molar refractivity (Wildman–Crippen MR) is 135 cm³/mol. The number of nitrogens with one attached hydrogen (secondary N) is 2. The van der Waals surface area contributed by atoms with Gasteiger partial charge in [0.25, 0.3) is 5.91 Å². The second-order valence-corrected chi connectivity index (χ2v) is 11.5. The van der Waals surface area contributed by atoms with Crippen molar-refractivity contribution in [2.45, 2.75) is 83.8 Å². The maximum atomic E-state index is 13.2. The Balaban J connectivity index is 1.42. The van der Waals surface area contributed by atoms with Crippen molar-refractivity contribution < 1.29 is 29.0 Å². The molecular weight excluding hydrogens is 474 g/mol. The van der Waals surface area contributed by atoms with Crippen molar-refractivity contribution in [1.29, 1.82) is 5.26 Å². The van der Waals surface area contributed by atoms with Gasteiger partial charge in [-0.05, 0) is 69.8 Å². The molecule has 9 nitrogen and oxygen atoms in total. The molecule has 0 heterocycles. The summed E-state index contributed by atoms with van der Waals surface area (Å²) in [4.78, 5) is 37.5. The standard InChI is InChI=1S/C28H37N3O6/c1-27(9-4-10-27)16-30-24(32)19-5-6-21(19)31-25(33)20-14-22(17(15-29)13-23(20)36-3)37-18-7-11-28(2,12-8-18)26(34)35/h13-14,18-19,21H,4-12,16H2,1-3H3,(H,30,32)(H,31,33)(H,34,35)/t18-,19-,21+,28+/m0/s1. The smallest absolute Gasteiger partial charge is 0.309 e. The Kier molecular flexibility index (Phi) is 7.67. The summed E-state index contributed by atoms with van der Waals surface area (Å²) in [5.74, 6) is -0.963. The van der Waals surface area contributed by atoms with E-state index in [9.17, 15) is 24.8 Å². The number of nitriles is 1. The molecule has 0 bridgehead atoms. The molecule has 3 aliphatic carbocycles. The summed E-state index contributed by atoms with van der Waals surface area (Å²) >= 11 is 0. The third-order valence-electron chi connectivity index (χ3n) is 8.69. The van der Waals surface area contributed by atoms with Gasteiger partial charge in [0.1, 0.15) is 17.6 Å². The van der Waals surface area contributed by atoms with Crippen molar-refractivity contribution in [3.63, 3.8) is 0 Å². The van der Waals surface area contributed by atoms with E-state index in [1.165, 1.54) is 25.7 Å². The third kappa shape index (κ3) is 5.68. The van der Waals surface area contributed by atoms with Crippen LogP contribution in [0.1, 0.15) is 87.6 Å². The monoisotopic (exact) mass is 511 g/mol. The summed E-state index contributed by atoms with van der Waals surface area (Å²) in [6, 6.07) is 4.83. The normalized spacial score (nSPS) is 28.0. The van der Waals surface area contributed by atoms with Crippen LogP contribution < -0.4 is 20.1 Å². The molecule has 200 valence electrons. The van der Waals surface area contributed by atoms with Gasteiger partial charge in [-0.3, -0.25) is 14.4 Å².